The fourth-order valence-corrected chi connectivity index (χ4v) is 3.23. The zero-order valence-corrected chi connectivity index (χ0v) is 13.0. The summed E-state index contributed by atoms with van der Waals surface area (Å²) < 4.78 is 6.29. The van der Waals surface area contributed by atoms with Crippen molar-refractivity contribution in [2.75, 3.05) is 6.54 Å². The zero-order chi connectivity index (χ0) is 14.7. The number of aryl methyl sites for hydroxylation is 1. The number of H-pyrrole nitrogens is 1. The Labute approximate surface area is 126 Å². The summed E-state index contributed by atoms with van der Waals surface area (Å²) >= 11 is 0. The molecule has 1 heterocycles. The highest BCUT2D eigenvalue weighted by Gasteiger charge is 2.23. The van der Waals surface area contributed by atoms with Crippen molar-refractivity contribution in [2.24, 2.45) is 0 Å². The van der Waals surface area contributed by atoms with Crippen molar-refractivity contribution >= 4 is 10.9 Å². The number of nitrogens with one attached hydrogen (secondary N) is 2. The molecular formula is C17H25N3O. The molecule has 1 aliphatic rings. The third-order valence-corrected chi connectivity index (χ3v) is 4.45. The molecular weight excluding hydrogens is 262 g/mol. The minimum absolute atomic E-state index is 0.330. The first-order valence-corrected chi connectivity index (χ1v) is 8.10. The molecule has 3 rings (SSSR count). The molecule has 1 aliphatic carbocycles. The van der Waals surface area contributed by atoms with Gasteiger partial charge < -0.3 is 10.1 Å². The van der Waals surface area contributed by atoms with Gasteiger partial charge in [-0.2, -0.15) is 5.10 Å². The van der Waals surface area contributed by atoms with Crippen LogP contribution in [0.25, 0.3) is 10.9 Å². The maximum atomic E-state index is 6.29. The molecule has 0 aliphatic heterocycles. The lowest BCUT2D eigenvalue weighted by molar-refractivity contribution is 0.134. The number of benzene rings is 1. The normalized spacial score (nSPS) is 22.6. The number of hydrogen-bond acceptors (Lipinski definition) is 3. The number of aromatic amines is 1. The monoisotopic (exact) mass is 287 g/mol. The van der Waals surface area contributed by atoms with E-state index in [9.17, 15) is 0 Å². The molecule has 21 heavy (non-hydrogen) atoms. The van der Waals surface area contributed by atoms with E-state index in [0.717, 1.165) is 36.0 Å². The summed E-state index contributed by atoms with van der Waals surface area (Å²) in [5.41, 5.74) is 2.26. The molecule has 4 nitrogen and oxygen atoms in total. The van der Waals surface area contributed by atoms with Crippen LogP contribution in [0.3, 0.4) is 0 Å². The Balaban J connectivity index is 1.68. The summed E-state index contributed by atoms with van der Waals surface area (Å²) in [5.74, 6) is 1.00. The van der Waals surface area contributed by atoms with Crippen LogP contribution in [-0.2, 0) is 0 Å². The molecule has 2 atom stereocenters. The predicted octanol–water partition coefficient (Wildman–Crippen LogP) is 3.56. The number of ether oxygens (including phenoxy) is 1. The van der Waals surface area contributed by atoms with E-state index >= 15 is 0 Å². The summed E-state index contributed by atoms with van der Waals surface area (Å²) in [5, 5.41) is 11.9. The standard InChI is InChI=1S/C17H25N3O/c1-3-9-18-13-5-4-6-14(10-13)21-17-8-7-16-15(12(17)2)11-19-20-16/h7-8,11,13-14,18H,3-6,9-10H2,1-2H3,(H,19,20)/t13-,14-/m1/s1. The summed E-state index contributed by atoms with van der Waals surface area (Å²) in [6, 6.07) is 4.74. The molecule has 1 fully saturated rings. The largest absolute Gasteiger partial charge is 0.490 e. The molecule has 0 radical (unpaired) electrons. The van der Waals surface area contributed by atoms with Gasteiger partial charge in [-0.3, -0.25) is 5.10 Å². The van der Waals surface area contributed by atoms with Crippen LogP contribution in [0.5, 0.6) is 5.75 Å². The highest BCUT2D eigenvalue weighted by atomic mass is 16.5. The quantitative estimate of drug-likeness (QED) is 0.884. The average Bonchev–Trinajstić information content (AvgIpc) is 2.98. The number of fused-ring (bicyclic) bond motifs is 1. The van der Waals surface area contributed by atoms with Gasteiger partial charge in [-0.15, -0.1) is 0 Å². The third-order valence-electron chi connectivity index (χ3n) is 4.45. The first-order chi connectivity index (χ1) is 10.3. The van der Waals surface area contributed by atoms with E-state index in [1.807, 2.05) is 6.20 Å². The molecule has 114 valence electrons. The van der Waals surface area contributed by atoms with Gasteiger partial charge in [0, 0.05) is 17.0 Å². The van der Waals surface area contributed by atoms with Crippen LogP contribution in [0.15, 0.2) is 18.3 Å². The molecule has 2 N–H and O–H groups in total. The first-order valence-electron chi connectivity index (χ1n) is 8.10. The molecule has 0 amide bonds. The van der Waals surface area contributed by atoms with E-state index in [-0.39, 0.29) is 0 Å². The van der Waals surface area contributed by atoms with E-state index in [1.54, 1.807) is 0 Å². The van der Waals surface area contributed by atoms with E-state index < -0.39 is 0 Å². The maximum Gasteiger partial charge on any atom is 0.123 e. The molecule has 1 saturated carbocycles. The molecule has 2 aromatic rings. The van der Waals surface area contributed by atoms with Crippen LogP contribution in [0.2, 0.25) is 0 Å². The predicted molar refractivity (Wildman–Crippen MR) is 85.8 cm³/mol. The second kappa shape index (κ2) is 6.48. The zero-order valence-electron chi connectivity index (χ0n) is 13.0. The van der Waals surface area contributed by atoms with Crippen LogP contribution < -0.4 is 10.1 Å². The summed E-state index contributed by atoms with van der Waals surface area (Å²) in [6.07, 6.45) is 8.20. The number of aromatic nitrogens is 2. The Morgan fingerprint density at radius 2 is 2.29 bits per heavy atom. The van der Waals surface area contributed by atoms with E-state index in [0.29, 0.717) is 12.1 Å². The smallest absolute Gasteiger partial charge is 0.123 e. The van der Waals surface area contributed by atoms with Gasteiger partial charge in [0.15, 0.2) is 0 Å². The molecule has 4 heteroatoms. The lowest BCUT2D eigenvalue weighted by atomic mass is 9.92. The molecule has 0 bridgehead atoms. The van der Waals surface area contributed by atoms with Crippen LogP contribution in [-0.4, -0.2) is 28.9 Å². The minimum Gasteiger partial charge on any atom is -0.490 e. The van der Waals surface area contributed by atoms with Gasteiger partial charge in [-0.05, 0) is 57.7 Å². The van der Waals surface area contributed by atoms with Crippen molar-refractivity contribution < 1.29 is 4.74 Å². The van der Waals surface area contributed by atoms with Crippen LogP contribution in [0.1, 0.15) is 44.6 Å². The van der Waals surface area contributed by atoms with Crippen molar-refractivity contribution in [1.82, 2.24) is 15.5 Å². The number of rotatable bonds is 5. The fraction of sp³-hybridized carbons (Fsp3) is 0.588. The van der Waals surface area contributed by atoms with E-state index in [4.69, 9.17) is 4.74 Å². The SMILES string of the molecule is CCCN[C@@H]1CCC[C@@H](Oc2ccc3[nH]ncc3c2C)C1. The Bertz CT molecular complexity index is 593. The average molecular weight is 287 g/mol. The molecule has 0 spiro atoms. The Morgan fingerprint density at radius 3 is 3.14 bits per heavy atom. The molecule has 1 aromatic heterocycles. The Kier molecular flexibility index (Phi) is 4.44. The second-order valence-electron chi connectivity index (χ2n) is 6.08. The van der Waals surface area contributed by atoms with Crippen molar-refractivity contribution in [3.63, 3.8) is 0 Å². The van der Waals surface area contributed by atoms with Gasteiger partial charge in [0.2, 0.25) is 0 Å². The van der Waals surface area contributed by atoms with Gasteiger partial charge in [-0.1, -0.05) is 6.92 Å². The Hall–Kier alpha value is -1.55. The summed E-state index contributed by atoms with van der Waals surface area (Å²) in [7, 11) is 0. The summed E-state index contributed by atoms with van der Waals surface area (Å²) in [6.45, 7) is 5.44. The maximum absolute atomic E-state index is 6.29. The number of nitrogens with zero attached hydrogens (tertiary/aromatic N) is 1. The van der Waals surface area contributed by atoms with Gasteiger partial charge in [0.05, 0.1) is 11.7 Å². The van der Waals surface area contributed by atoms with Crippen LogP contribution >= 0.6 is 0 Å². The highest BCUT2D eigenvalue weighted by Crippen LogP contribution is 2.29. The minimum atomic E-state index is 0.330. The summed E-state index contributed by atoms with van der Waals surface area (Å²) in [4.78, 5) is 0. The fourth-order valence-electron chi connectivity index (χ4n) is 3.23. The molecule has 1 aromatic carbocycles. The lowest BCUT2D eigenvalue weighted by Gasteiger charge is -2.30. The van der Waals surface area contributed by atoms with Crippen molar-refractivity contribution in [1.29, 1.82) is 0 Å². The van der Waals surface area contributed by atoms with Crippen LogP contribution in [0.4, 0.5) is 0 Å². The van der Waals surface area contributed by atoms with Crippen molar-refractivity contribution in [2.45, 2.75) is 58.1 Å². The van der Waals surface area contributed by atoms with Gasteiger partial charge in [0.25, 0.3) is 0 Å². The third kappa shape index (κ3) is 3.21. The Morgan fingerprint density at radius 1 is 1.38 bits per heavy atom. The van der Waals surface area contributed by atoms with Crippen LogP contribution in [0, 0.1) is 6.92 Å². The topological polar surface area (TPSA) is 49.9 Å². The molecule has 0 unspecified atom stereocenters. The van der Waals surface area contributed by atoms with Crippen molar-refractivity contribution in [3.05, 3.63) is 23.9 Å². The van der Waals surface area contributed by atoms with E-state index in [2.05, 4.69) is 41.5 Å². The number of hydrogen-bond donors (Lipinski definition) is 2. The molecule has 0 saturated heterocycles. The van der Waals surface area contributed by atoms with E-state index in [1.165, 1.54) is 24.8 Å². The van der Waals surface area contributed by atoms with Gasteiger partial charge in [-0.25, -0.2) is 0 Å². The van der Waals surface area contributed by atoms with Gasteiger partial charge in [0.1, 0.15) is 11.9 Å². The lowest BCUT2D eigenvalue weighted by Crippen LogP contribution is -2.38. The first kappa shape index (κ1) is 14.4. The van der Waals surface area contributed by atoms with Gasteiger partial charge >= 0.3 is 0 Å². The second-order valence-corrected chi connectivity index (χ2v) is 6.08. The highest BCUT2D eigenvalue weighted by molar-refractivity contribution is 5.83. The van der Waals surface area contributed by atoms with Crippen molar-refractivity contribution in [3.8, 4) is 5.75 Å².